The standard InChI is InChI=1S/C25H35N5/c1-18-10-9-11-19(16-18)17-26-24-25(14-7-6-8-15-25)28-23-21(30(4)5)13-12-20(29(2)3)22(23)27-24/h9-13,16,28H,6-8,14-15,17H2,1-5H3,(H,26,27). The van der Waals surface area contributed by atoms with Gasteiger partial charge in [-0.15, -0.1) is 0 Å². The molecule has 160 valence electrons. The lowest BCUT2D eigenvalue weighted by Gasteiger charge is -2.45. The van der Waals surface area contributed by atoms with E-state index in [0.29, 0.717) is 6.54 Å². The molecule has 5 heteroatoms. The molecule has 1 heterocycles. The second-order valence-electron chi connectivity index (χ2n) is 9.19. The second kappa shape index (κ2) is 8.21. The number of fused-ring (bicyclic) bond motifs is 1. The number of aliphatic imine (C=N–C) groups is 1. The third-order valence-corrected chi connectivity index (χ3v) is 6.40. The van der Waals surface area contributed by atoms with Crippen LogP contribution in [0.2, 0.25) is 0 Å². The Labute approximate surface area is 181 Å². The van der Waals surface area contributed by atoms with Gasteiger partial charge in [-0.25, -0.2) is 0 Å². The minimum Gasteiger partial charge on any atom is -0.376 e. The van der Waals surface area contributed by atoms with E-state index in [1.807, 2.05) is 0 Å². The van der Waals surface area contributed by atoms with E-state index in [4.69, 9.17) is 4.99 Å². The minimum atomic E-state index is -0.106. The number of rotatable bonds is 4. The molecule has 1 fully saturated rings. The number of benzene rings is 2. The molecule has 4 rings (SSSR count). The Bertz CT molecular complexity index is 939. The Morgan fingerprint density at radius 3 is 2.20 bits per heavy atom. The summed E-state index contributed by atoms with van der Waals surface area (Å²) in [5.41, 5.74) is 7.16. The van der Waals surface area contributed by atoms with Crippen molar-refractivity contribution in [1.82, 2.24) is 0 Å². The van der Waals surface area contributed by atoms with Gasteiger partial charge in [0.2, 0.25) is 0 Å². The molecule has 0 radical (unpaired) electrons. The third kappa shape index (κ3) is 3.85. The molecule has 0 bridgehead atoms. The zero-order valence-corrected chi connectivity index (χ0v) is 19.0. The van der Waals surface area contributed by atoms with Crippen LogP contribution in [0.15, 0.2) is 41.4 Å². The molecule has 0 atom stereocenters. The summed E-state index contributed by atoms with van der Waals surface area (Å²) in [6, 6.07) is 13.1. The van der Waals surface area contributed by atoms with Gasteiger partial charge < -0.3 is 20.4 Å². The van der Waals surface area contributed by atoms with Crippen molar-refractivity contribution in [2.75, 3.05) is 48.6 Å². The van der Waals surface area contributed by atoms with Crippen LogP contribution in [-0.4, -0.2) is 39.6 Å². The van der Waals surface area contributed by atoms with Crippen LogP contribution in [0.3, 0.4) is 0 Å². The molecule has 0 amide bonds. The Kier molecular flexibility index (Phi) is 5.63. The van der Waals surface area contributed by atoms with Crippen LogP contribution in [0, 0.1) is 6.92 Å². The summed E-state index contributed by atoms with van der Waals surface area (Å²) < 4.78 is 0. The van der Waals surface area contributed by atoms with E-state index in [9.17, 15) is 0 Å². The van der Waals surface area contributed by atoms with Crippen molar-refractivity contribution in [3.8, 4) is 0 Å². The van der Waals surface area contributed by atoms with Gasteiger partial charge >= 0.3 is 0 Å². The zero-order valence-electron chi connectivity index (χ0n) is 19.0. The predicted octanol–water partition coefficient (Wildman–Crippen LogP) is 5.27. The van der Waals surface area contributed by atoms with Gasteiger partial charge in [-0.2, -0.15) is 0 Å². The number of hydrogen-bond acceptors (Lipinski definition) is 4. The van der Waals surface area contributed by atoms with Crippen LogP contribution >= 0.6 is 0 Å². The van der Waals surface area contributed by atoms with Crippen LogP contribution in [-0.2, 0) is 6.54 Å². The summed E-state index contributed by atoms with van der Waals surface area (Å²) in [6.45, 7) is 2.84. The maximum atomic E-state index is 5.16. The van der Waals surface area contributed by atoms with E-state index in [2.05, 4.69) is 91.9 Å². The number of nitrogens with zero attached hydrogens (tertiary/aromatic N) is 3. The van der Waals surface area contributed by atoms with Crippen LogP contribution < -0.4 is 20.4 Å². The van der Waals surface area contributed by atoms with Crippen molar-refractivity contribution in [3.05, 3.63) is 47.5 Å². The van der Waals surface area contributed by atoms with Crippen molar-refractivity contribution in [2.24, 2.45) is 4.99 Å². The maximum absolute atomic E-state index is 5.16. The smallest absolute Gasteiger partial charge is 0.127 e. The topological polar surface area (TPSA) is 42.9 Å². The van der Waals surface area contributed by atoms with Crippen LogP contribution in [0.1, 0.15) is 43.2 Å². The first kappa shape index (κ1) is 20.6. The highest BCUT2D eigenvalue weighted by Gasteiger charge is 2.42. The van der Waals surface area contributed by atoms with Crippen LogP contribution in [0.4, 0.5) is 22.7 Å². The van der Waals surface area contributed by atoms with Gasteiger partial charge in [0.15, 0.2) is 0 Å². The summed E-state index contributed by atoms with van der Waals surface area (Å²) in [7, 11) is 8.42. The van der Waals surface area contributed by atoms with Gasteiger partial charge in [0, 0.05) is 28.2 Å². The molecule has 5 nitrogen and oxygen atoms in total. The highest BCUT2D eigenvalue weighted by molar-refractivity contribution is 6.14. The summed E-state index contributed by atoms with van der Waals surface area (Å²) in [5.74, 6) is 1.09. The SMILES string of the molecule is Cc1cccc(CN=C2Nc3c(N(C)C)ccc(N(C)C)c3NC23CCCCC3)c1. The van der Waals surface area contributed by atoms with Crippen molar-refractivity contribution in [1.29, 1.82) is 0 Å². The number of nitrogens with one attached hydrogen (secondary N) is 2. The second-order valence-corrected chi connectivity index (χ2v) is 9.19. The largest absolute Gasteiger partial charge is 0.376 e. The molecule has 1 aliphatic heterocycles. The van der Waals surface area contributed by atoms with E-state index in [0.717, 1.165) is 24.4 Å². The highest BCUT2D eigenvalue weighted by Crippen LogP contribution is 2.47. The molecule has 2 aliphatic rings. The lowest BCUT2D eigenvalue weighted by Crippen LogP contribution is -2.54. The van der Waals surface area contributed by atoms with Crippen molar-refractivity contribution < 1.29 is 0 Å². The lowest BCUT2D eigenvalue weighted by atomic mass is 9.78. The molecule has 1 saturated carbocycles. The lowest BCUT2D eigenvalue weighted by molar-refractivity contribution is 0.403. The predicted molar refractivity (Wildman–Crippen MR) is 130 cm³/mol. The maximum Gasteiger partial charge on any atom is 0.127 e. The average Bonchev–Trinajstić information content (AvgIpc) is 2.72. The van der Waals surface area contributed by atoms with Crippen molar-refractivity contribution in [3.63, 3.8) is 0 Å². The van der Waals surface area contributed by atoms with E-state index < -0.39 is 0 Å². The summed E-state index contributed by atoms with van der Waals surface area (Å²) in [5, 5.41) is 7.80. The molecule has 1 aliphatic carbocycles. The van der Waals surface area contributed by atoms with Crippen LogP contribution in [0.25, 0.3) is 0 Å². The zero-order chi connectivity index (χ0) is 21.3. The summed E-state index contributed by atoms with van der Waals surface area (Å²) in [4.78, 5) is 9.52. The van der Waals surface area contributed by atoms with Crippen molar-refractivity contribution >= 4 is 28.6 Å². The van der Waals surface area contributed by atoms with E-state index in [1.165, 1.54) is 47.5 Å². The number of aryl methyl sites for hydroxylation is 1. The van der Waals surface area contributed by atoms with Gasteiger partial charge in [0.1, 0.15) is 5.84 Å². The fraction of sp³-hybridized carbons (Fsp3) is 0.480. The van der Waals surface area contributed by atoms with Gasteiger partial charge in [-0.1, -0.05) is 49.1 Å². The normalized spacial score (nSPS) is 18.5. The fourth-order valence-electron chi connectivity index (χ4n) is 4.80. The quantitative estimate of drug-likeness (QED) is 0.728. The first-order valence-electron chi connectivity index (χ1n) is 11.1. The van der Waals surface area contributed by atoms with Gasteiger partial charge in [-0.05, 0) is 37.5 Å². The summed E-state index contributed by atoms with van der Waals surface area (Å²) >= 11 is 0. The van der Waals surface area contributed by atoms with E-state index >= 15 is 0 Å². The van der Waals surface area contributed by atoms with Gasteiger partial charge in [-0.3, -0.25) is 4.99 Å². The van der Waals surface area contributed by atoms with E-state index in [1.54, 1.807) is 0 Å². The number of amidine groups is 1. The first-order chi connectivity index (χ1) is 14.4. The monoisotopic (exact) mass is 405 g/mol. The molecular weight excluding hydrogens is 370 g/mol. The van der Waals surface area contributed by atoms with E-state index in [-0.39, 0.29) is 5.54 Å². The Morgan fingerprint density at radius 1 is 0.900 bits per heavy atom. The molecular formula is C25H35N5. The number of anilines is 4. The first-order valence-corrected chi connectivity index (χ1v) is 11.1. The average molecular weight is 406 g/mol. The molecule has 1 spiro atoms. The molecule has 30 heavy (non-hydrogen) atoms. The molecule has 0 saturated heterocycles. The molecule has 0 aromatic heterocycles. The summed E-state index contributed by atoms with van der Waals surface area (Å²) in [6.07, 6.45) is 6.01. The Balaban J connectivity index is 1.79. The number of hydrogen-bond donors (Lipinski definition) is 2. The van der Waals surface area contributed by atoms with Gasteiger partial charge in [0.05, 0.1) is 34.8 Å². The Morgan fingerprint density at radius 2 is 1.57 bits per heavy atom. The van der Waals surface area contributed by atoms with Gasteiger partial charge in [0.25, 0.3) is 0 Å². The fourth-order valence-corrected chi connectivity index (χ4v) is 4.80. The molecule has 2 aromatic rings. The minimum absolute atomic E-state index is 0.106. The molecule has 0 unspecified atom stereocenters. The Hall–Kier alpha value is -2.69. The van der Waals surface area contributed by atoms with Crippen LogP contribution in [0.5, 0.6) is 0 Å². The molecule has 2 N–H and O–H groups in total. The van der Waals surface area contributed by atoms with Crippen molar-refractivity contribution in [2.45, 2.75) is 51.1 Å². The third-order valence-electron chi connectivity index (χ3n) is 6.40. The highest BCUT2D eigenvalue weighted by atomic mass is 15.2. The molecule has 2 aromatic carbocycles.